The topological polar surface area (TPSA) is 35.5 Å². The Labute approximate surface area is 107 Å². The maximum Gasteiger partial charge on any atom is 0.401 e. The molecular weight excluding hydrogens is 232 g/mol. The molecule has 0 amide bonds. The second-order valence-corrected chi connectivity index (χ2v) is 8.79. The Morgan fingerprint density at radius 2 is 1.59 bits per heavy atom. The summed E-state index contributed by atoms with van der Waals surface area (Å²) >= 11 is 0. The third-order valence-corrected chi connectivity index (χ3v) is 6.79. The maximum atomic E-state index is 11.7. The Morgan fingerprint density at radius 3 is 1.88 bits per heavy atom. The van der Waals surface area contributed by atoms with Gasteiger partial charge in [0, 0.05) is 25.6 Å². The van der Waals surface area contributed by atoms with Crippen molar-refractivity contribution in [3.63, 3.8) is 0 Å². The van der Waals surface area contributed by atoms with Crippen molar-refractivity contribution >= 4 is 14.5 Å². The molecule has 0 radical (unpaired) electrons. The van der Waals surface area contributed by atoms with Crippen LogP contribution in [-0.2, 0) is 13.6 Å². The predicted molar refractivity (Wildman–Crippen MR) is 73.1 cm³/mol. The predicted octanol–water partition coefficient (Wildman–Crippen LogP) is 3.73. The van der Waals surface area contributed by atoms with Crippen LogP contribution in [0.25, 0.3) is 0 Å². The van der Waals surface area contributed by atoms with Gasteiger partial charge in [-0.3, -0.25) is 4.79 Å². The summed E-state index contributed by atoms with van der Waals surface area (Å²) in [5, 5.41) is 0. The first-order valence-electron chi connectivity index (χ1n) is 6.62. The Kier molecular flexibility index (Phi) is 7.71. The van der Waals surface area contributed by atoms with Crippen LogP contribution in [0.2, 0.25) is 12.1 Å². The van der Waals surface area contributed by atoms with Crippen LogP contribution >= 0.6 is 0 Å². The molecule has 0 aromatic heterocycles. The third kappa shape index (κ3) is 6.84. The van der Waals surface area contributed by atoms with E-state index in [1.54, 1.807) is 7.11 Å². The molecule has 0 saturated carbocycles. The van der Waals surface area contributed by atoms with Gasteiger partial charge in [0.25, 0.3) is 5.97 Å². The Balaban J connectivity index is 4.71. The minimum absolute atomic E-state index is 0.0951. The molecule has 0 atom stereocenters. The fourth-order valence-corrected chi connectivity index (χ4v) is 5.84. The van der Waals surface area contributed by atoms with Crippen LogP contribution in [0.4, 0.5) is 0 Å². The van der Waals surface area contributed by atoms with E-state index in [9.17, 15) is 4.79 Å². The molecule has 0 rings (SSSR count). The standard InChI is InChI=1S/C13H28O3Si/c1-7-8-13(14)16-17(15-6,9-11(2)3)10-12(4)5/h11-12H,7-10H2,1-6H3. The van der Waals surface area contributed by atoms with E-state index in [-0.39, 0.29) is 5.97 Å². The molecule has 0 spiro atoms. The van der Waals surface area contributed by atoms with Crippen LogP contribution in [0.1, 0.15) is 47.5 Å². The Hall–Kier alpha value is -0.353. The van der Waals surface area contributed by atoms with Gasteiger partial charge < -0.3 is 8.85 Å². The van der Waals surface area contributed by atoms with Crippen LogP contribution < -0.4 is 0 Å². The molecule has 0 N–H and O–H groups in total. The molecule has 0 fully saturated rings. The van der Waals surface area contributed by atoms with Crippen LogP contribution in [0.3, 0.4) is 0 Å². The minimum atomic E-state index is -2.35. The largest absolute Gasteiger partial charge is 0.494 e. The number of carbonyl (C=O) groups excluding carboxylic acids is 1. The monoisotopic (exact) mass is 260 g/mol. The lowest BCUT2D eigenvalue weighted by atomic mass is 10.3. The van der Waals surface area contributed by atoms with E-state index in [2.05, 4.69) is 27.7 Å². The lowest BCUT2D eigenvalue weighted by Crippen LogP contribution is -2.45. The van der Waals surface area contributed by atoms with Gasteiger partial charge in [-0.2, -0.15) is 0 Å². The SMILES string of the molecule is CCCC(=O)O[Si](CC(C)C)(CC(C)C)OC. The lowest BCUT2D eigenvalue weighted by Gasteiger charge is -2.31. The number of rotatable bonds is 8. The molecule has 0 aromatic rings. The van der Waals surface area contributed by atoms with E-state index in [1.165, 1.54) is 0 Å². The maximum absolute atomic E-state index is 11.7. The van der Waals surface area contributed by atoms with Crippen LogP contribution in [-0.4, -0.2) is 21.6 Å². The van der Waals surface area contributed by atoms with Gasteiger partial charge in [-0.1, -0.05) is 34.6 Å². The first-order valence-corrected chi connectivity index (χ1v) is 8.85. The molecule has 0 aliphatic rings. The van der Waals surface area contributed by atoms with Crippen LogP contribution in [0.15, 0.2) is 0 Å². The third-order valence-electron chi connectivity index (χ3n) is 2.56. The molecule has 0 unspecified atom stereocenters. The van der Waals surface area contributed by atoms with Crippen molar-refractivity contribution in [2.45, 2.75) is 59.5 Å². The summed E-state index contributed by atoms with van der Waals surface area (Å²) in [4.78, 5) is 11.7. The zero-order valence-electron chi connectivity index (χ0n) is 12.2. The van der Waals surface area contributed by atoms with Gasteiger partial charge in [0.15, 0.2) is 0 Å². The Morgan fingerprint density at radius 1 is 1.12 bits per heavy atom. The first-order chi connectivity index (χ1) is 7.85. The quantitative estimate of drug-likeness (QED) is 0.624. The van der Waals surface area contributed by atoms with Crippen LogP contribution in [0, 0.1) is 11.8 Å². The van der Waals surface area contributed by atoms with Crippen molar-refractivity contribution in [2.24, 2.45) is 11.8 Å². The molecule has 4 heteroatoms. The van der Waals surface area contributed by atoms with E-state index in [0.29, 0.717) is 18.3 Å². The van der Waals surface area contributed by atoms with Gasteiger partial charge in [-0.15, -0.1) is 0 Å². The molecule has 0 bridgehead atoms. The van der Waals surface area contributed by atoms with Gasteiger partial charge in [0.1, 0.15) is 0 Å². The first kappa shape index (κ1) is 16.6. The molecule has 0 aromatic carbocycles. The average molecular weight is 260 g/mol. The van der Waals surface area contributed by atoms with Gasteiger partial charge in [-0.25, -0.2) is 0 Å². The van der Waals surface area contributed by atoms with E-state index in [1.807, 2.05) is 6.92 Å². The highest BCUT2D eigenvalue weighted by Crippen LogP contribution is 2.27. The molecule has 0 saturated heterocycles. The normalized spacial score (nSPS) is 12.2. The summed E-state index contributed by atoms with van der Waals surface area (Å²) in [6, 6.07) is 1.77. The smallest absolute Gasteiger partial charge is 0.401 e. The average Bonchev–Trinajstić information content (AvgIpc) is 2.15. The molecule has 3 nitrogen and oxygen atoms in total. The minimum Gasteiger partial charge on any atom is -0.494 e. The summed E-state index contributed by atoms with van der Waals surface area (Å²) in [6.07, 6.45) is 1.32. The van der Waals surface area contributed by atoms with E-state index < -0.39 is 8.56 Å². The van der Waals surface area contributed by atoms with Gasteiger partial charge in [0.2, 0.25) is 0 Å². The van der Waals surface area contributed by atoms with Crippen molar-refractivity contribution in [1.82, 2.24) is 0 Å². The molecule has 102 valence electrons. The molecule has 17 heavy (non-hydrogen) atoms. The number of hydrogen-bond acceptors (Lipinski definition) is 3. The van der Waals surface area contributed by atoms with Gasteiger partial charge in [-0.05, 0) is 18.3 Å². The number of hydrogen-bond donors (Lipinski definition) is 0. The highest BCUT2D eigenvalue weighted by molar-refractivity contribution is 6.69. The van der Waals surface area contributed by atoms with Crippen LogP contribution in [0.5, 0.6) is 0 Å². The second-order valence-electron chi connectivity index (χ2n) is 5.53. The molecule has 0 aliphatic heterocycles. The van der Waals surface area contributed by atoms with Crippen molar-refractivity contribution < 1.29 is 13.6 Å². The highest BCUT2D eigenvalue weighted by atomic mass is 28.4. The Bertz CT molecular complexity index is 217. The molecular formula is C13H28O3Si. The summed E-state index contributed by atoms with van der Waals surface area (Å²) in [5.74, 6) is 0.895. The van der Waals surface area contributed by atoms with Gasteiger partial charge in [0.05, 0.1) is 0 Å². The van der Waals surface area contributed by atoms with E-state index in [0.717, 1.165) is 18.5 Å². The van der Waals surface area contributed by atoms with Crippen molar-refractivity contribution in [3.05, 3.63) is 0 Å². The van der Waals surface area contributed by atoms with E-state index >= 15 is 0 Å². The second kappa shape index (κ2) is 7.87. The van der Waals surface area contributed by atoms with Crippen molar-refractivity contribution in [3.8, 4) is 0 Å². The van der Waals surface area contributed by atoms with E-state index in [4.69, 9.17) is 8.85 Å². The molecule has 0 aliphatic carbocycles. The summed E-state index contributed by atoms with van der Waals surface area (Å²) < 4.78 is 11.4. The number of carbonyl (C=O) groups is 1. The van der Waals surface area contributed by atoms with Gasteiger partial charge >= 0.3 is 8.56 Å². The zero-order chi connectivity index (χ0) is 13.5. The molecule has 0 heterocycles. The lowest BCUT2D eigenvalue weighted by molar-refractivity contribution is -0.136. The summed E-state index contributed by atoms with van der Waals surface area (Å²) in [7, 11) is -0.655. The summed E-state index contributed by atoms with van der Waals surface area (Å²) in [5.41, 5.74) is 0. The fourth-order valence-electron chi connectivity index (χ4n) is 2.08. The zero-order valence-corrected chi connectivity index (χ0v) is 13.2. The highest BCUT2D eigenvalue weighted by Gasteiger charge is 2.41. The summed E-state index contributed by atoms with van der Waals surface area (Å²) in [6.45, 7) is 10.6. The fraction of sp³-hybridized carbons (Fsp3) is 0.923. The van der Waals surface area contributed by atoms with Crippen molar-refractivity contribution in [1.29, 1.82) is 0 Å². The van der Waals surface area contributed by atoms with Crippen molar-refractivity contribution in [2.75, 3.05) is 7.11 Å².